The Hall–Kier alpha value is -2.28. The number of carbonyl (C=O) groups excluding carboxylic acids is 1. The van der Waals surface area contributed by atoms with Crippen LogP contribution in [-0.4, -0.2) is 34.3 Å². The van der Waals surface area contributed by atoms with Gasteiger partial charge in [0.05, 0.1) is 7.11 Å². The van der Waals surface area contributed by atoms with Crippen molar-refractivity contribution in [1.29, 1.82) is 0 Å². The van der Waals surface area contributed by atoms with E-state index in [4.69, 9.17) is 16.3 Å². The number of thiol groups is 1. The van der Waals surface area contributed by atoms with Gasteiger partial charge in [-0.3, -0.25) is 10.1 Å². The fourth-order valence-electron chi connectivity index (χ4n) is 3.52. The van der Waals surface area contributed by atoms with Gasteiger partial charge in [0.15, 0.2) is 0 Å². The first-order chi connectivity index (χ1) is 15.0. The third-order valence-electron chi connectivity index (χ3n) is 5.29. The lowest BCUT2D eigenvalue weighted by molar-refractivity contribution is -0.143. The number of H-pyrrole nitrogens is 1. The number of methoxy groups -OCH3 is 1. The van der Waals surface area contributed by atoms with Crippen LogP contribution in [0.2, 0.25) is 5.02 Å². The van der Waals surface area contributed by atoms with Crippen LogP contribution in [0, 0.1) is 0 Å². The zero-order valence-electron chi connectivity index (χ0n) is 17.7. The molecule has 1 aromatic heterocycles. The van der Waals surface area contributed by atoms with E-state index in [-0.39, 0.29) is 17.1 Å². The highest BCUT2D eigenvalue weighted by atomic mass is 35.5. The van der Waals surface area contributed by atoms with Gasteiger partial charge >= 0.3 is 5.97 Å². The minimum Gasteiger partial charge on any atom is -0.468 e. The molecule has 2 aromatic carbocycles. The molecule has 0 spiro atoms. The number of rotatable bonds is 10. The summed E-state index contributed by atoms with van der Waals surface area (Å²) >= 11 is 11.0. The molecule has 31 heavy (non-hydrogen) atoms. The largest absolute Gasteiger partial charge is 0.468 e. The maximum absolute atomic E-state index is 12.2. The number of aromatic amines is 1. The molecule has 3 aromatic rings. The highest BCUT2D eigenvalue weighted by molar-refractivity contribution is 7.81. The van der Waals surface area contributed by atoms with E-state index < -0.39 is 6.04 Å². The molecule has 0 amide bonds. The van der Waals surface area contributed by atoms with E-state index in [2.05, 4.69) is 34.8 Å². The van der Waals surface area contributed by atoms with Gasteiger partial charge in [0.1, 0.15) is 11.9 Å². The second-order valence-electron chi connectivity index (χ2n) is 7.58. The number of imidazole rings is 1. The minimum atomic E-state index is -0.443. The van der Waals surface area contributed by atoms with Crippen molar-refractivity contribution < 1.29 is 9.53 Å². The highest BCUT2D eigenvalue weighted by Crippen LogP contribution is 2.28. The Morgan fingerprint density at radius 2 is 1.87 bits per heavy atom. The summed E-state index contributed by atoms with van der Waals surface area (Å²) in [5.41, 5.74) is 3.04. The van der Waals surface area contributed by atoms with Crippen LogP contribution in [0.5, 0.6) is 0 Å². The first kappa shape index (κ1) is 23.4. The summed E-state index contributed by atoms with van der Waals surface area (Å²) in [4.78, 5) is 20.2. The fraction of sp³-hybridized carbons (Fsp3) is 0.333. The Labute approximate surface area is 194 Å². The molecule has 164 valence electrons. The molecular formula is C24H28ClN3O2S. The average Bonchev–Trinajstić information content (AvgIpc) is 3.24. The van der Waals surface area contributed by atoms with E-state index in [0.717, 1.165) is 34.1 Å². The van der Waals surface area contributed by atoms with E-state index >= 15 is 0 Å². The van der Waals surface area contributed by atoms with Crippen LogP contribution in [0.1, 0.15) is 35.5 Å². The van der Waals surface area contributed by atoms with Gasteiger partial charge in [-0.15, -0.1) is 0 Å². The monoisotopic (exact) mass is 457 g/mol. The van der Waals surface area contributed by atoms with Gasteiger partial charge < -0.3 is 9.72 Å². The number of nitrogens with zero attached hydrogens (tertiary/aromatic N) is 1. The maximum Gasteiger partial charge on any atom is 0.323 e. The third-order valence-corrected chi connectivity index (χ3v) is 6.02. The maximum atomic E-state index is 12.2. The molecule has 3 atom stereocenters. The highest BCUT2D eigenvalue weighted by Gasteiger charge is 2.23. The predicted molar refractivity (Wildman–Crippen MR) is 128 cm³/mol. The van der Waals surface area contributed by atoms with E-state index in [9.17, 15) is 4.79 Å². The predicted octanol–water partition coefficient (Wildman–Crippen LogP) is 4.58. The summed E-state index contributed by atoms with van der Waals surface area (Å²) in [5, 5.41) is 4.12. The Bertz CT molecular complexity index is 978. The molecule has 0 saturated carbocycles. The molecule has 7 heteroatoms. The van der Waals surface area contributed by atoms with E-state index in [0.29, 0.717) is 13.0 Å². The van der Waals surface area contributed by atoms with Gasteiger partial charge in [0.2, 0.25) is 0 Å². The number of hydrogen-bond donors (Lipinski definition) is 3. The Kier molecular flexibility index (Phi) is 8.58. The number of aromatic nitrogens is 2. The van der Waals surface area contributed by atoms with Crippen molar-refractivity contribution in [3.8, 4) is 0 Å². The van der Waals surface area contributed by atoms with Gasteiger partial charge in [0.25, 0.3) is 0 Å². The van der Waals surface area contributed by atoms with Crippen molar-refractivity contribution in [2.45, 2.75) is 43.5 Å². The van der Waals surface area contributed by atoms with Crippen molar-refractivity contribution in [2.75, 3.05) is 7.11 Å². The number of hydrogen-bond acceptors (Lipinski definition) is 5. The molecule has 0 aliphatic heterocycles. The van der Waals surface area contributed by atoms with Gasteiger partial charge in [-0.25, -0.2) is 4.98 Å². The Morgan fingerprint density at radius 1 is 1.16 bits per heavy atom. The molecule has 3 rings (SSSR count). The summed E-state index contributed by atoms with van der Waals surface area (Å²) in [5.74, 6) is 0.652. The zero-order chi connectivity index (χ0) is 22.2. The first-order valence-electron chi connectivity index (χ1n) is 10.3. The summed E-state index contributed by atoms with van der Waals surface area (Å²) in [7, 11) is 1.41. The molecule has 0 aliphatic carbocycles. The topological polar surface area (TPSA) is 67.0 Å². The lowest BCUT2D eigenvalue weighted by atomic mass is 9.96. The quantitative estimate of drug-likeness (QED) is 0.308. The summed E-state index contributed by atoms with van der Waals surface area (Å²) < 4.78 is 4.98. The zero-order valence-corrected chi connectivity index (χ0v) is 19.4. The van der Waals surface area contributed by atoms with Crippen LogP contribution in [0.15, 0.2) is 60.8 Å². The lowest BCUT2D eigenvalue weighted by Gasteiger charge is -2.19. The van der Waals surface area contributed by atoms with Crippen LogP contribution in [-0.2, 0) is 28.9 Å². The Balaban J connectivity index is 1.68. The van der Waals surface area contributed by atoms with Crippen LogP contribution < -0.4 is 5.32 Å². The van der Waals surface area contributed by atoms with Gasteiger partial charge in [0, 0.05) is 34.6 Å². The standard InChI is InChI=1S/C24H28ClN3O2S/c1-16(31)20(13-18-10-6-7-11-21(18)25)23-27-15-19(28-23)14-26-22(24(29)30-2)12-17-8-4-3-5-9-17/h3-11,15-16,20,22,26,31H,12-14H2,1-2H3,(H,27,28)/t16?,20?,22-/m0/s1. The molecule has 0 saturated heterocycles. The smallest absolute Gasteiger partial charge is 0.323 e. The summed E-state index contributed by atoms with van der Waals surface area (Å²) in [6, 6.07) is 17.3. The molecule has 0 bridgehead atoms. The van der Waals surface area contributed by atoms with Crippen molar-refractivity contribution in [3.63, 3.8) is 0 Å². The van der Waals surface area contributed by atoms with Crippen molar-refractivity contribution in [1.82, 2.24) is 15.3 Å². The number of carbonyl (C=O) groups is 1. The van der Waals surface area contributed by atoms with E-state index in [1.807, 2.05) is 54.6 Å². The minimum absolute atomic E-state index is 0.0812. The van der Waals surface area contributed by atoms with Crippen LogP contribution in [0.4, 0.5) is 0 Å². The van der Waals surface area contributed by atoms with E-state index in [1.165, 1.54) is 7.11 Å². The van der Waals surface area contributed by atoms with Crippen molar-refractivity contribution >= 4 is 30.2 Å². The number of esters is 1. The second-order valence-corrected chi connectivity index (χ2v) is 8.80. The molecule has 0 radical (unpaired) electrons. The van der Waals surface area contributed by atoms with E-state index in [1.54, 1.807) is 6.20 Å². The molecule has 2 N–H and O–H groups in total. The average molecular weight is 458 g/mol. The Morgan fingerprint density at radius 3 is 2.55 bits per heavy atom. The molecule has 1 heterocycles. The molecule has 0 fully saturated rings. The first-order valence-corrected chi connectivity index (χ1v) is 11.2. The summed E-state index contributed by atoms with van der Waals surface area (Å²) in [6.07, 6.45) is 3.09. The molecular weight excluding hydrogens is 430 g/mol. The number of ether oxygens (including phenoxy) is 1. The fourth-order valence-corrected chi connectivity index (χ4v) is 3.97. The van der Waals surface area contributed by atoms with Crippen molar-refractivity contribution in [3.05, 3.63) is 88.5 Å². The molecule has 2 unspecified atom stereocenters. The van der Waals surface area contributed by atoms with Gasteiger partial charge in [-0.2, -0.15) is 12.6 Å². The van der Waals surface area contributed by atoms with Crippen LogP contribution in [0.25, 0.3) is 0 Å². The van der Waals surface area contributed by atoms with Gasteiger partial charge in [-0.05, 0) is 30.0 Å². The summed E-state index contributed by atoms with van der Waals surface area (Å²) in [6.45, 7) is 2.53. The number of benzene rings is 2. The van der Waals surface area contributed by atoms with Crippen LogP contribution in [0.3, 0.4) is 0 Å². The van der Waals surface area contributed by atoms with Gasteiger partial charge in [-0.1, -0.05) is 67.1 Å². The lowest BCUT2D eigenvalue weighted by Crippen LogP contribution is -2.39. The van der Waals surface area contributed by atoms with Crippen LogP contribution >= 0.6 is 24.2 Å². The third kappa shape index (κ3) is 6.60. The normalized spacial score (nSPS) is 14.1. The molecule has 0 aliphatic rings. The molecule has 5 nitrogen and oxygen atoms in total. The van der Waals surface area contributed by atoms with Crippen molar-refractivity contribution in [2.24, 2.45) is 0 Å². The number of nitrogens with one attached hydrogen (secondary N) is 2. The SMILES string of the molecule is COC(=O)[C@H](Cc1ccccc1)NCc1cnc(C(Cc2ccccc2Cl)C(C)S)[nH]1. The number of halogens is 1. The second kappa shape index (κ2) is 11.4.